The van der Waals surface area contributed by atoms with Gasteiger partial charge in [0.2, 0.25) is 0 Å². The number of hydrogen-bond acceptors (Lipinski definition) is 4. The molecule has 0 aromatic carbocycles. The van der Waals surface area contributed by atoms with Crippen LogP contribution in [0.1, 0.15) is 33.6 Å². The van der Waals surface area contributed by atoms with Gasteiger partial charge in [-0.3, -0.25) is 4.99 Å². The zero-order chi connectivity index (χ0) is 15.6. The van der Waals surface area contributed by atoms with Gasteiger partial charge in [-0.15, -0.1) is 24.0 Å². The number of nitrogens with one attached hydrogen (secondary N) is 2. The number of aliphatic imine (C=N–C) groups is 1. The minimum atomic E-state index is -0.251. The van der Waals surface area contributed by atoms with E-state index in [0.29, 0.717) is 19.8 Å². The minimum Gasteiger partial charge on any atom is -0.377 e. The van der Waals surface area contributed by atoms with Crippen molar-refractivity contribution in [2.24, 2.45) is 4.99 Å². The molecule has 6 nitrogen and oxygen atoms in total. The van der Waals surface area contributed by atoms with Gasteiger partial charge in [-0.25, -0.2) is 0 Å². The summed E-state index contributed by atoms with van der Waals surface area (Å²) in [7, 11) is 1.70. The van der Waals surface area contributed by atoms with E-state index in [2.05, 4.69) is 15.6 Å². The number of halogens is 1. The first-order valence-corrected chi connectivity index (χ1v) is 7.84. The molecule has 0 saturated carbocycles. The van der Waals surface area contributed by atoms with Gasteiger partial charge < -0.3 is 24.8 Å². The Bertz CT molecular complexity index is 308. The van der Waals surface area contributed by atoms with Gasteiger partial charge in [-0.1, -0.05) is 0 Å². The summed E-state index contributed by atoms with van der Waals surface area (Å²) in [5.41, 5.74) is -0.251. The SMILES string of the molecule is CCNC(=NCC(C)(C)OC)NCCOCC1CCCO1.I. The molecule has 0 bridgehead atoms. The summed E-state index contributed by atoms with van der Waals surface area (Å²) >= 11 is 0. The lowest BCUT2D eigenvalue weighted by atomic mass is 10.1. The standard InChI is InChI=1S/C15H31N3O3.HI/c1-5-16-14(18-12-15(2,3)19-4)17-8-10-20-11-13-7-6-9-21-13;/h13H,5-12H2,1-4H3,(H2,16,17,18);1H. The highest BCUT2D eigenvalue weighted by Crippen LogP contribution is 2.11. The third kappa shape index (κ3) is 9.81. The smallest absolute Gasteiger partial charge is 0.191 e. The Morgan fingerprint density at radius 2 is 2.14 bits per heavy atom. The molecule has 0 amide bonds. The van der Waals surface area contributed by atoms with Crippen molar-refractivity contribution in [2.45, 2.75) is 45.3 Å². The molecule has 1 aliphatic heterocycles. The van der Waals surface area contributed by atoms with Gasteiger partial charge in [0.1, 0.15) is 0 Å². The second-order valence-electron chi connectivity index (χ2n) is 5.80. The molecule has 132 valence electrons. The van der Waals surface area contributed by atoms with Crippen LogP contribution in [0.5, 0.6) is 0 Å². The van der Waals surface area contributed by atoms with Crippen LogP contribution in [0.25, 0.3) is 0 Å². The fourth-order valence-corrected chi connectivity index (χ4v) is 1.91. The van der Waals surface area contributed by atoms with Crippen molar-refractivity contribution in [1.29, 1.82) is 0 Å². The van der Waals surface area contributed by atoms with Crippen molar-refractivity contribution >= 4 is 29.9 Å². The van der Waals surface area contributed by atoms with Gasteiger partial charge in [0.25, 0.3) is 0 Å². The highest BCUT2D eigenvalue weighted by molar-refractivity contribution is 14.0. The summed E-state index contributed by atoms with van der Waals surface area (Å²) in [5.74, 6) is 0.795. The molecule has 1 heterocycles. The molecular weight excluding hydrogens is 397 g/mol. The molecule has 7 heteroatoms. The Labute approximate surface area is 151 Å². The average molecular weight is 429 g/mol. The number of hydrogen-bond donors (Lipinski definition) is 2. The van der Waals surface area contributed by atoms with Gasteiger partial charge in [-0.05, 0) is 33.6 Å². The van der Waals surface area contributed by atoms with E-state index in [0.717, 1.165) is 38.5 Å². The van der Waals surface area contributed by atoms with Crippen LogP contribution in [0.15, 0.2) is 4.99 Å². The molecule has 1 rings (SSSR count). The third-order valence-corrected chi connectivity index (χ3v) is 3.38. The van der Waals surface area contributed by atoms with Gasteiger partial charge in [0.15, 0.2) is 5.96 Å². The van der Waals surface area contributed by atoms with Gasteiger partial charge >= 0.3 is 0 Å². The van der Waals surface area contributed by atoms with Crippen molar-refractivity contribution in [3.63, 3.8) is 0 Å². The maximum Gasteiger partial charge on any atom is 0.191 e. The first kappa shape index (κ1) is 21.9. The van der Waals surface area contributed by atoms with Gasteiger partial charge in [0, 0.05) is 26.8 Å². The number of nitrogens with zero attached hydrogens (tertiary/aromatic N) is 1. The molecule has 1 aliphatic rings. The van der Waals surface area contributed by atoms with Crippen molar-refractivity contribution < 1.29 is 14.2 Å². The topological polar surface area (TPSA) is 64.1 Å². The Kier molecular flexibility index (Phi) is 12.3. The minimum absolute atomic E-state index is 0. The lowest BCUT2D eigenvalue weighted by molar-refractivity contribution is 0.0190. The molecule has 1 atom stereocenters. The highest BCUT2D eigenvalue weighted by Gasteiger charge is 2.16. The molecule has 0 radical (unpaired) electrons. The molecule has 1 unspecified atom stereocenters. The van der Waals surface area contributed by atoms with E-state index in [9.17, 15) is 0 Å². The van der Waals surface area contributed by atoms with E-state index in [-0.39, 0.29) is 35.7 Å². The Morgan fingerprint density at radius 3 is 2.73 bits per heavy atom. The maximum atomic E-state index is 5.62. The lowest BCUT2D eigenvalue weighted by Gasteiger charge is -2.21. The second kappa shape index (κ2) is 12.3. The normalized spacial score (nSPS) is 18.9. The monoisotopic (exact) mass is 429 g/mol. The second-order valence-corrected chi connectivity index (χ2v) is 5.80. The highest BCUT2D eigenvalue weighted by atomic mass is 127. The van der Waals surface area contributed by atoms with Crippen LogP contribution in [0.2, 0.25) is 0 Å². The van der Waals surface area contributed by atoms with Crippen molar-refractivity contribution in [2.75, 3.05) is 46.6 Å². The summed E-state index contributed by atoms with van der Waals surface area (Å²) in [6, 6.07) is 0. The molecule has 0 spiro atoms. The molecule has 0 aromatic heterocycles. The Hall–Kier alpha value is -0.120. The van der Waals surface area contributed by atoms with Crippen LogP contribution in [-0.2, 0) is 14.2 Å². The van der Waals surface area contributed by atoms with E-state index in [4.69, 9.17) is 14.2 Å². The Morgan fingerprint density at radius 1 is 1.36 bits per heavy atom. The van der Waals surface area contributed by atoms with E-state index < -0.39 is 0 Å². The van der Waals surface area contributed by atoms with E-state index >= 15 is 0 Å². The summed E-state index contributed by atoms with van der Waals surface area (Å²) in [6.45, 7) is 10.5. The maximum absolute atomic E-state index is 5.62. The molecule has 1 fully saturated rings. The average Bonchev–Trinajstić information content (AvgIpc) is 2.97. The predicted octanol–water partition coefficient (Wildman–Crippen LogP) is 1.78. The van der Waals surface area contributed by atoms with Crippen LogP contribution < -0.4 is 10.6 Å². The van der Waals surface area contributed by atoms with Gasteiger partial charge in [-0.2, -0.15) is 0 Å². The van der Waals surface area contributed by atoms with Crippen LogP contribution in [0, 0.1) is 0 Å². The van der Waals surface area contributed by atoms with Gasteiger partial charge in [0.05, 0.1) is 31.5 Å². The zero-order valence-corrected chi connectivity index (χ0v) is 16.6. The Balaban J connectivity index is 0.00000441. The fraction of sp³-hybridized carbons (Fsp3) is 0.933. The van der Waals surface area contributed by atoms with Crippen LogP contribution in [-0.4, -0.2) is 64.2 Å². The first-order valence-electron chi connectivity index (χ1n) is 7.84. The predicted molar refractivity (Wildman–Crippen MR) is 100 cm³/mol. The number of rotatable bonds is 9. The zero-order valence-electron chi connectivity index (χ0n) is 14.3. The quantitative estimate of drug-likeness (QED) is 0.253. The summed E-state index contributed by atoms with van der Waals surface area (Å²) in [4.78, 5) is 4.52. The molecular formula is C15H32IN3O3. The fourth-order valence-electron chi connectivity index (χ4n) is 1.91. The molecule has 22 heavy (non-hydrogen) atoms. The molecule has 1 saturated heterocycles. The van der Waals surface area contributed by atoms with E-state index in [1.54, 1.807) is 7.11 Å². The van der Waals surface area contributed by atoms with Crippen molar-refractivity contribution in [1.82, 2.24) is 10.6 Å². The molecule has 0 aromatic rings. The van der Waals surface area contributed by atoms with E-state index in [1.165, 1.54) is 0 Å². The largest absolute Gasteiger partial charge is 0.377 e. The first-order chi connectivity index (χ1) is 10.1. The summed E-state index contributed by atoms with van der Waals surface area (Å²) in [6.07, 6.45) is 2.55. The number of methoxy groups -OCH3 is 1. The van der Waals surface area contributed by atoms with Crippen LogP contribution in [0.4, 0.5) is 0 Å². The lowest BCUT2D eigenvalue weighted by Crippen LogP contribution is -2.40. The number of guanidine groups is 1. The third-order valence-electron chi connectivity index (χ3n) is 3.38. The molecule has 0 aliphatic carbocycles. The molecule has 2 N–H and O–H groups in total. The summed E-state index contributed by atoms with van der Waals surface area (Å²) < 4.78 is 16.5. The van der Waals surface area contributed by atoms with Crippen molar-refractivity contribution in [3.05, 3.63) is 0 Å². The number of ether oxygens (including phenoxy) is 3. The van der Waals surface area contributed by atoms with Crippen LogP contribution >= 0.6 is 24.0 Å². The van der Waals surface area contributed by atoms with E-state index in [1.807, 2.05) is 20.8 Å². The van der Waals surface area contributed by atoms with Crippen molar-refractivity contribution in [3.8, 4) is 0 Å². The summed E-state index contributed by atoms with van der Waals surface area (Å²) in [5, 5.41) is 6.47. The van der Waals surface area contributed by atoms with Crippen LogP contribution in [0.3, 0.4) is 0 Å².